The van der Waals surface area contributed by atoms with Gasteiger partial charge in [-0.25, -0.2) is 0 Å². The Hall–Kier alpha value is -1.06. The van der Waals surface area contributed by atoms with Gasteiger partial charge in [0.15, 0.2) is 0 Å². The van der Waals surface area contributed by atoms with E-state index in [4.69, 9.17) is 4.74 Å². The van der Waals surface area contributed by atoms with Gasteiger partial charge in [-0.3, -0.25) is 0 Å². The van der Waals surface area contributed by atoms with Gasteiger partial charge in [0.1, 0.15) is 5.75 Å². The Morgan fingerprint density at radius 1 is 1.29 bits per heavy atom. The van der Waals surface area contributed by atoms with Crippen molar-refractivity contribution in [1.29, 1.82) is 0 Å². The van der Waals surface area contributed by atoms with Crippen LogP contribution in [0.25, 0.3) is 0 Å². The molecule has 96 valence electrons. The second-order valence-electron chi connectivity index (χ2n) is 4.83. The van der Waals surface area contributed by atoms with E-state index >= 15 is 0 Å². The number of rotatable bonds is 4. The molecule has 0 aliphatic carbocycles. The molecule has 1 aromatic carbocycles. The van der Waals surface area contributed by atoms with Gasteiger partial charge in [0, 0.05) is 6.54 Å². The number of hydrogen-bond donors (Lipinski definition) is 2. The van der Waals surface area contributed by atoms with Crippen molar-refractivity contribution < 1.29 is 9.84 Å². The maximum Gasteiger partial charge on any atom is 0.124 e. The molecule has 0 aromatic heterocycles. The van der Waals surface area contributed by atoms with E-state index in [2.05, 4.69) is 5.32 Å². The van der Waals surface area contributed by atoms with Crippen molar-refractivity contribution >= 4 is 0 Å². The molecule has 0 fully saturated rings. The molecule has 2 N–H and O–H groups in total. The quantitative estimate of drug-likeness (QED) is 0.842. The molecule has 17 heavy (non-hydrogen) atoms. The first kappa shape index (κ1) is 14.0. The average molecular weight is 237 g/mol. The fourth-order valence-electron chi connectivity index (χ4n) is 2.37. The van der Waals surface area contributed by atoms with Crippen LogP contribution in [0.2, 0.25) is 0 Å². The zero-order valence-corrected chi connectivity index (χ0v) is 11.6. The maximum atomic E-state index is 10.5. The van der Waals surface area contributed by atoms with Gasteiger partial charge in [-0.1, -0.05) is 0 Å². The zero-order chi connectivity index (χ0) is 13.2. The molecular formula is C14H23NO2. The smallest absolute Gasteiger partial charge is 0.124 e. The number of ether oxygens (including phenoxy) is 1. The van der Waals surface area contributed by atoms with Gasteiger partial charge < -0.3 is 15.2 Å². The van der Waals surface area contributed by atoms with E-state index in [1.54, 1.807) is 7.11 Å². The summed E-state index contributed by atoms with van der Waals surface area (Å²) in [6.07, 6.45) is 0. The minimum atomic E-state index is -0.860. The number of benzene rings is 1. The van der Waals surface area contributed by atoms with Crippen LogP contribution in [-0.2, 0) is 5.60 Å². The molecule has 0 heterocycles. The first-order chi connectivity index (χ1) is 7.85. The third-order valence-corrected chi connectivity index (χ3v) is 3.33. The Morgan fingerprint density at radius 2 is 1.88 bits per heavy atom. The maximum absolute atomic E-state index is 10.5. The van der Waals surface area contributed by atoms with E-state index in [0.717, 1.165) is 28.0 Å². The van der Waals surface area contributed by atoms with Gasteiger partial charge in [-0.05, 0) is 63.1 Å². The molecule has 0 spiro atoms. The van der Waals surface area contributed by atoms with Crippen LogP contribution in [0.3, 0.4) is 0 Å². The van der Waals surface area contributed by atoms with Crippen molar-refractivity contribution in [3.63, 3.8) is 0 Å². The largest absolute Gasteiger partial charge is 0.496 e. The van der Waals surface area contributed by atoms with Crippen LogP contribution in [0, 0.1) is 20.8 Å². The summed E-state index contributed by atoms with van der Waals surface area (Å²) < 4.78 is 5.39. The molecular weight excluding hydrogens is 214 g/mol. The Bertz CT molecular complexity index is 411. The molecule has 0 bridgehead atoms. The summed E-state index contributed by atoms with van der Waals surface area (Å²) in [5.41, 5.74) is 3.34. The van der Waals surface area contributed by atoms with Crippen LogP contribution in [0.4, 0.5) is 0 Å². The van der Waals surface area contributed by atoms with E-state index in [1.807, 2.05) is 40.8 Å². The van der Waals surface area contributed by atoms with E-state index < -0.39 is 5.60 Å². The topological polar surface area (TPSA) is 41.5 Å². The van der Waals surface area contributed by atoms with E-state index in [0.29, 0.717) is 6.54 Å². The van der Waals surface area contributed by atoms with E-state index in [9.17, 15) is 5.11 Å². The lowest BCUT2D eigenvalue weighted by atomic mass is 9.87. The van der Waals surface area contributed by atoms with E-state index in [-0.39, 0.29) is 0 Å². The standard InChI is InChI=1S/C14H23NO2/c1-9-7-12(14(4,16)8-15-5)10(2)11(3)13(9)17-6/h7,15-16H,8H2,1-6H3. The van der Waals surface area contributed by atoms with Crippen molar-refractivity contribution in [3.8, 4) is 5.75 Å². The second kappa shape index (κ2) is 5.07. The minimum Gasteiger partial charge on any atom is -0.496 e. The van der Waals surface area contributed by atoms with Crippen LogP contribution < -0.4 is 10.1 Å². The molecule has 3 nitrogen and oxygen atoms in total. The van der Waals surface area contributed by atoms with Crippen LogP contribution in [0.15, 0.2) is 6.07 Å². The molecule has 3 heteroatoms. The van der Waals surface area contributed by atoms with Crippen LogP contribution >= 0.6 is 0 Å². The first-order valence-corrected chi connectivity index (χ1v) is 5.87. The molecule has 0 aliphatic heterocycles. The number of hydrogen-bond acceptors (Lipinski definition) is 3. The highest BCUT2D eigenvalue weighted by molar-refractivity contribution is 5.50. The molecule has 0 aliphatic rings. The summed E-state index contributed by atoms with van der Waals surface area (Å²) in [6, 6.07) is 2.01. The summed E-state index contributed by atoms with van der Waals surface area (Å²) in [7, 11) is 3.52. The molecule has 0 saturated carbocycles. The summed E-state index contributed by atoms with van der Waals surface area (Å²) in [5, 5.41) is 13.5. The highest BCUT2D eigenvalue weighted by Gasteiger charge is 2.26. The monoisotopic (exact) mass is 237 g/mol. The molecule has 0 saturated heterocycles. The van der Waals surface area contributed by atoms with Gasteiger partial charge in [-0.2, -0.15) is 0 Å². The van der Waals surface area contributed by atoms with Gasteiger partial charge in [-0.15, -0.1) is 0 Å². The number of methoxy groups -OCH3 is 1. The third-order valence-electron chi connectivity index (χ3n) is 3.33. The Morgan fingerprint density at radius 3 is 2.35 bits per heavy atom. The predicted octanol–water partition coefficient (Wildman–Crippen LogP) is 2.05. The Labute approximate surface area is 104 Å². The highest BCUT2D eigenvalue weighted by atomic mass is 16.5. The molecule has 1 unspecified atom stereocenters. The normalized spacial score (nSPS) is 14.5. The average Bonchev–Trinajstić information content (AvgIpc) is 2.24. The summed E-state index contributed by atoms with van der Waals surface area (Å²) in [4.78, 5) is 0. The minimum absolute atomic E-state index is 0.527. The van der Waals surface area contributed by atoms with Crippen molar-refractivity contribution in [2.24, 2.45) is 0 Å². The summed E-state index contributed by atoms with van der Waals surface area (Å²) >= 11 is 0. The lowest BCUT2D eigenvalue weighted by molar-refractivity contribution is 0.0583. The van der Waals surface area contributed by atoms with Gasteiger partial charge >= 0.3 is 0 Å². The van der Waals surface area contributed by atoms with E-state index in [1.165, 1.54) is 0 Å². The fraction of sp³-hybridized carbons (Fsp3) is 0.571. The summed E-state index contributed by atoms with van der Waals surface area (Å²) in [5.74, 6) is 0.909. The number of nitrogens with one attached hydrogen (secondary N) is 1. The van der Waals surface area contributed by atoms with Crippen molar-refractivity contribution in [3.05, 3.63) is 28.3 Å². The highest BCUT2D eigenvalue weighted by Crippen LogP contribution is 2.33. The summed E-state index contributed by atoms with van der Waals surface area (Å²) in [6.45, 7) is 8.41. The van der Waals surface area contributed by atoms with Gasteiger partial charge in [0.25, 0.3) is 0 Å². The molecule has 0 amide bonds. The van der Waals surface area contributed by atoms with Crippen molar-refractivity contribution in [2.75, 3.05) is 20.7 Å². The SMILES string of the molecule is CNCC(C)(O)c1cc(C)c(OC)c(C)c1C. The van der Waals surface area contributed by atoms with Crippen LogP contribution in [0.1, 0.15) is 29.2 Å². The fourth-order valence-corrected chi connectivity index (χ4v) is 2.37. The van der Waals surface area contributed by atoms with Crippen LogP contribution in [0.5, 0.6) is 5.75 Å². The predicted molar refractivity (Wildman–Crippen MR) is 70.7 cm³/mol. The zero-order valence-electron chi connectivity index (χ0n) is 11.6. The number of aryl methyl sites for hydroxylation is 1. The molecule has 0 radical (unpaired) electrons. The Balaban J connectivity index is 3.37. The molecule has 1 atom stereocenters. The second-order valence-corrected chi connectivity index (χ2v) is 4.83. The Kier molecular flexibility index (Phi) is 4.17. The van der Waals surface area contributed by atoms with Crippen molar-refractivity contribution in [1.82, 2.24) is 5.32 Å². The van der Waals surface area contributed by atoms with Gasteiger partial charge in [0.2, 0.25) is 0 Å². The molecule has 1 aromatic rings. The first-order valence-electron chi connectivity index (χ1n) is 5.87. The number of aliphatic hydroxyl groups is 1. The van der Waals surface area contributed by atoms with Crippen LogP contribution in [-0.4, -0.2) is 25.8 Å². The lowest BCUT2D eigenvalue weighted by Gasteiger charge is -2.27. The molecule has 1 rings (SSSR count). The lowest BCUT2D eigenvalue weighted by Crippen LogP contribution is -2.34. The third kappa shape index (κ3) is 2.61. The number of likely N-dealkylation sites (N-methyl/N-ethyl adjacent to an activating group) is 1. The van der Waals surface area contributed by atoms with Crippen molar-refractivity contribution in [2.45, 2.75) is 33.3 Å². The van der Waals surface area contributed by atoms with Gasteiger partial charge in [0.05, 0.1) is 12.7 Å².